The van der Waals surface area contributed by atoms with Crippen LogP contribution in [0.2, 0.25) is 5.02 Å². The van der Waals surface area contributed by atoms with Crippen LogP contribution in [-0.4, -0.2) is 36.5 Å². The average Bonchev–Trinajstić information content (AvgIpc) is 2.88. The van der Waals surface area contributed by atoms with Crippen molar-refractivity contribution in [2.75, 3.05) is 19.6 Å². The van der Waals surface area contributed by atoms with Crippen LogP contribution >= 0.6 is 11.6 Å². The van der Waals surface area contributed by atoms with Crippen LogP contribution in [0.15, 0.2) is 18.2 Å². The van der Waals surface area contributed by atoms with Crippen molar-refractivity contribution in [2.45, 2.75) is 25.8 Å². The van der Waals surface area contributed by atoms with Gasteiger partial charge in [-0.1, -0.05) is 17.7 Å². The number of amides is 1. The monoisotopic (exact) mass is 278 g/mol. The van der Waals surface area contributed by atoms with Crippen LogP contribution in [-0.2, 0) is 0 Å². The smallest absolute Gasteiger partial charge is 0.253 e. The van der Waals surface area contributed by atoms with E-state index >= 15 is 0 Å². The third-order valence-electron chi connectivity index (χ3n) is 4.36. The number of piperidine rings is 1. The molecule has 1 N–H and O–H groups in total. The van der Waals surface area contributed by atoms with Crippen LogP contribution in [0.1, 0.15) is 28.8 Å². The lowest BCUT2D eigenvalue weighted by atomic mass is 9.93. The molecule has 3 rings (SSSR count). The van der Waals surface area contributed by atoms with Crippen molar-refractivity contribution < 1.29 is 4.79 Å². The topological polar surface area (TPSA) is 32.3 Å². The van der Waals surface area contributed by atoms with Gasteiger partial charge in [-0.2, -0.15) is 0 Å². The molecule has 2 saturated heterocycles. The quantitative estimate of drug-likeness (QED) is 0.856. The summed E-state index contributed by atoms with van der Waals surface area (Å²) < 4.78 is 0. The molecule has 0 radical (unpaired) electrons. The van der Waals surface area contributed by atoms with Crippen LogP contribution in [0.5, 0.6) is 0 Å². The van der Waals surface area contributed by atoms with Crippen LogP contribution in [0.3, 0.4) is 0 Å². The number of hydrogen-bond acceptors (Lipinski definition) is 2. The second-order valence-electron chi connectivity index (χ2n) is 5.61. The summed E-state index contributed by atoms with van der Waals surface area (Å²) in [4.78, 5) is 14.5. The maximum atomic E-state index is 12.5. The molecule has 2 aliphatic rings. The molecule has 102 valence electrons. The Bertz CT molecular complexity index is 503. The van der Waals surface area contributed by atoms with Gasteiger partial charge in [0.25, 0.3) is 5.91 Å². The maximum absolute atomic E-state index is 12.5. The molecule has 1 aromatic rings. The van der Waals surface area contributed by atoms with E-state index in [1.807, 2.05) is 24.0 Å². The lowest BCUT2D eigenvalue weighted by Crippen LogP contribution is -2.46. The Morgan fingerprint density at radius 3 is 3.05 bits per heavy atom. The number of nitrogens with one attached hydrogen (secondary N) is 1. The van der Waals surface area contributed by atoms with Crippen LogP contribution in [0.4, 0.5) is 0 Å². The van der Waals surface area contributed by atoms with Gasteiger partial charge in [-0.25, -0.2) is 0 Å². The molecule has 19 heavy (non-hydrogen) atoms. The molecule has 2 atom stereocenters. The second-order valence-corrected chi connectivity index (χ2v) is 6.02. The molecule has 1 aromatic carbocycles. The molecular weight excluding hydrogens is 260 g/mol. The number of carbonyl (C=O) groups is 1. The summed E-state index contributed by atoms with van der Waals surface area (Å²) in [5.41, 5.74) is 1.72. The van der Waals surface area contributed by atoms with Gasteiger partial charge in [-0.3, -0.25) is 4.79 Å². The predicted molar refractivity (Wildman–Crippen MR) is 76.6 cm³/mol. The number of halogens is 1. The highest BCUT2D eigenvalue weighted by atomic mass is 35.5. The summed E-state index contributed by atoms with van der Waals surface area (Å²) in [6, 6.07) is 6.20. The van der Waals surface area contributed by atoms with E-state index in [0.29, 0.717) is 22.5 Å². The van der Waals surface area contributed by atoms with E-state index in [0.717, 1.165) is 31.6 Å². The third-order valence-corrected chi connectivity index (χ3v) is 4.77. The van der Waals surface area contributed by atoms with Crippen LogP contribution in [0, 0.1) is 12.8 Å². The molecule has 2 aliphatic heterocycles. The van der Waals surface area contributed by atoms with E-state index in [1.54, 1.807) is 6.07 Å². The van der Waals surface area contributed by atoms with Crippen molar-refractivity contribution in [1.82, 2.24) is 10.2 Å². The van der Waals surface area contributed by atoms with Gasteiger partial charge in [0, 0.05) is 29.7 Å². The molecule has 2 fully saturated rings. The fourth-order valence-electron chi connectivity index (χ4n) is 3.14. The average molecular weight is 279 g/mol. The van der Waals surface area contributed by atoms with E-state index in [-0.39, 0.29) is 5.91 Å². The standard InChI is InChI=1S/C15H19ClN2O/c1-10-2-3-11(8-13(10)16)15(19)18-7-5-14-12(9-18)4-6-17-14/h2-3,8,12,14,17H,4-7,9H2,1H3. The van der Waals surface area contributed by atoms with E-state index in [2.05, 4.69) is 5.32 Å². The first-order chi connectivity index (χ1) is 9.15. The summed E-state index contributed by atoms with van der Waals surface area (Å²) in [7, 11) is 0. The van der Waals surface area contributed by atoms with E-state index in [9.17, 15) is 4.79 Å². The zero-order valence-corrected chi connectivity index (χ0v) is 11.9. The Balaban J connectivity index is 1.74. The zero-order valence-electron chi connectivity index (χ0n) is 11.2. The Morgan fingerprint density at radius 1 is 1.42 bits per heavy atom. The highest BCUT2D eigenvalue weighted by Gasteiger charge is 2.34. The van der Waals surface area contributed by atoms with Gasteiger partial charge in [-0.15, -0.1) is 0 Å². The first-order valence-corrected chi connectivity index (χ1v) is 7.32. The molecule has 0 aliphatic carbocycles. The number of fused-ring (bicyclic) bond motifs is 1. The fraction of sp³-hybridized carbons (Fsp3) is 0.533. The minimum Gasteiger partial charge on any atom is -0.338 e. The first-order valence-electron chi connectivity index (χ1n) is 6.94. The van der Waals surface area contributed by atoms with Gasteiger partial charge in [0.15, 0.2) is 0 Å². The predicted octanol–water partition coefficient (Wildman–Crippen LogP) is 2.47. The van der Waals surface area contributed by atoms with Crippen molar-refractivity contribution in [3.8, 4) is 0 Å². The third kappa shape index (κ3) is 2.49. The molecule has 2 heterocycles. The molecule has 4 heteroatoms. The molecule has 0 bridgehead atoms. The Hall–Kier alpha value is -1.06. The summed E-state index contributed by atoms with van der Waals surface area (Å²) >= 11 is 6.11. The van der Waals surface area contributed by atoms with Crippen molar-refractivity contribution in [3.05, 3.63) is 34.3 Å². The molecule has 0 saturated carbocycles. The molecule has 3 nitrogen and oxygen atoms in total. The lowest BCUT2D eigenvalue weighted by molar-refractivity contribution is 0.0662. The second kappa shape index (κ2) is 5.14. The Labute approximate surface area is 118 Å². The van der Waals surface area contributed by atoms with Crippen molar-refractivity contribution in [1.29, 1.82) is 0 Å². The molecular formula is C15H19ClN2O. The number of rotatable bonds is 1. The number of aryl methyl sites for hydroxylation is 1. The van der Waals surface area contributed by atoms with E-state index in [1.165, 1.54) is 6.42 Å². The minimum absolute atomic E-state index is 0.118. The number of benzene rings is 1. The van der Waals surface area contributed by atoms with E-state index < -0.39 is 0 Å². The number of hydrogen-bond donors (Lipinski definition) is 1. The first kappa shape index (κ1) is 12.9. The highest BCUT2D eigenvalue weighted by Crippen LogP contribution is 2.26. The number of carbonyl (C=O) groups excluding carboxylic acids is 1. The van der Waals surface area contributed by atoms with Gasteiger partial charge >= 0.3 is 0 Å². The summed E-state index contributed by atoms with van der Waals surface area (Å²) in [6.45, 7) is 4.76. The fourth-order valence-corrected chi connectivity index (χ4v) is 3.32. The normalized spacial score (nSPS) is 26.3. The van der Waals surface area contributed by atoms with E-state index in [4.69, 9.17) is 11.6 Å². The van der Waals surface area contributed by atoms with Gasteiger partial charge in [0.1, 0.15) is 0 Å². The highest BCUT2D eigenvalue weighted by molar-refractivity contribution is 6.31. The number of nitrogens with zero attached hydrogens (tertiary/aromatic N) is 1. The van der Waals surface area contributed by atoms with Gasteiger partial charge in [0.2, 0.25) is 0 Å². The summed E-state index contributed by atoms with van der Waals surface area (Å²) in [6.07, 6.45) is 2.25. The van der Waals surface area contributed by atoms with Gasteiger partial charge in [0.05, 0.1) is 0 Å². The number of likely N-dealkylation sites (tertiary alicyclic amines) is 1. The largest absolute Gasteiger partial charge is 0.338 e. The summed E-state index contributed by atoms with van der Waals surface area (Å²) in [5, 5.41) is 4.18. The van der Waals surface area contributed by atoms with Gasteiger partial charge < -0.3 is 10.2 Å². The van der Waals surface area contributed by atoms with Gasteiger partial charge in [-0.05, 0) is 49.9 Å². The minimum atomic E-state index is 0.118. The molecule has 0 aromatic heterocycles. The van der Waals surface area contributed by atoms with Crippen LogP contribution in [0.25, 0.3) is 0 Å². The Morgan fingerprint density at radius 2 is 2.26 bits per heavy atom. The molecule has 1 amide bonds. The van der Waals surface area contributed by atoms with Crippen molar-refractivity contribution >= 4 is 17.5 Å². The SMILES string of the molecule is Cc1ccc(C(=O)N2CCC3NCCC3C2)cc1Cl. The summed E-state index contributed by atoms with van der Waals surface area (Å²) in [5.74, 6) is 0.742. The lowest BCUT2D eigenvalue weighted by Gasteiger charge is -2.35. The molecule has 2 unspecified atom stereocenters. The van der Waals surface area contributed by atoms with Crippen LogP contribution < -0.4 is 5.32 Å². The maximum Gasteiger partial charge on any atom is 0.253 e. The van der Waals surface area contributed by atoms with Crippen molar-refractivity contribution in [2.24, 2.45) is 5.92 Å². The van der Waals surface area contributed by atoms with Crippen molar-refractivity contribution in [3.63, 3.8) is 0 Å². The molecule has 0 spiro atoms. The Kier molecular flexibility index (Phi) is 3.50. The zero-order chi connectivity index (χ0) is 13.4.